The number of carbonyl (C=O) groups excluding carboxylic acids is 1. The van der Waals surface area contributed by atoms with Gasteiger partial charge in [-0.05, 0) is 32.8 Å². The van der Waals surface area contributed by atoms with Gasteiger partial charge in [-0.15, -0.1) is 0 Å². The molecule has 1 aromatic carbocycles. The van der Waals surface area contributed by atoms with Crippen molar-refractivity contribution >= 4 is 6.03 Å². The second kappa shape index (κ2) is 4.35. The molecule has 0 aromatic heterocycles. The number of benzene rings is 1. The molecule has 1 aliphatic carbocycles. The SMILES string of the molecule is CC(C)(NC(=O)NC1CC1)c1ccccc1F. The number of amides is 2. The Morgan fingerprint density at radius 2 is 2.00 bits per heavy atom. The highest BCUT2D eigenvalue weighted by Crippen LogP contribution is 2.23. The summed E-state index contributed by atoms with van der Waals surface area (Å²) < 4.78 is 13.6. The normalized spacial score (nSPS) is 15.5. The molecule has 0 spiro atoms. The van der Waals surface area contributed by atoms with Crippen LogP contribution < -0.4 is 10.6 Å². The van der Waals surface area contributed by atoms with Gasteiger partial charge in [-0.25, -0.2) is 9.18 Å². The molecule has 0 aliphatic heterocycles. The van der Waals surface area contributed by atoms with Crippen LogP contribution >= 0.6 is 0 Å². The summed E-state index contributed by atoms with van der Waals surface area (Å²) in [6, 6.07) is 6.55. The first-order valence-corrected chi connectivity index (χ1v) is 5.83. The average Bonchev–Trinajstić information content (AvgIpc) is 3.00. The van der Waals surface area contributed by atoms with Crippen molar-refractivity contribution < 1.29 is 9.18 Å². The van der Waals surface area contributed by atoms with Crippen LogP contribution in [0.5, 0.6) is 0 Å². The largest absolute Gasteiger partial charge is 0.335 e. The Bertz CT molecular complexity index is 427. The van der Waals surface area contributed by atoms with Crippen molar-refractivity contribution in [2.45, 2.75) is 38.3 Å². The molecule has 4 heteroatoms. The molecular weight excluding hydrogens is 219 g/mol. The van der Waals surface area contributed by atoms with Gasteiger partial charge in [0.15, 0.2) is 0 Å². The lowest BCUT2D eigenvalue weighted by Gasteiger charge is -2.27. The number of carbonyl (C=O) groups is 1. The van der Waals surface area contributed by atoms with Crippen LogP contribution in [0.15, 0.2) is 24.3 Å². The number of hydrogen-bond acceptors (Lipinski definition) is 1. The number of nitrogens with one attached hydrogen (secondary N) is 2. The van der Waals surface area contributed by atoms with E-state index < -0.39 is 5.54 Å². The van der Waals surface area contributed by atoms with E-state index in [1.165, 1.54) is 6.07 Å². The molecule has 0 radical (unpaired) electrons. The van der Waals surface area contributed by atoms with Crippen LogP contribution in [0.2, 0.25) is 0 Å². The minimum absolute atomic E-state index is 0.235. The maximum Gasteiger partial charge on any atom is 0.315 e. The predicted octanol–water partition coefficient (Wildman–Crippen LogP) is 2.52. The highest BCUT2D eigenvalue weighted by molar-refractivity contribution is 5.75. The van der Waals surface area contributed by atoms with Gasteiger partial charge in [0, 0.05) is 11.6 Å². The average molecular weight is 236 g/mol. The van der Waals surface area contributed by atoms with Crippen molar-refractivity contribution in [2.75, 3.05) is 0 Å². The number of hydrogen-bond donors (Lipinski definition) is 2. The molecule has 0 saturated heterocycles. The van der Waals surface area contributed by atoms with Crippen LogP contribution in [-0.2, 0) is 5.54 Å². The van der Waals surface area contributed by atoms with Gasteiger partial charge in [0.25, 0.3) is 0 Å². The molecule has 0 heterocycles. The second-order valence-corrected chi connectivity index (χ2v) is 4.98. The van der Waals surface area contributed by atoms with E-state index in [1.807, 2.05) is 0 Å². The van der Waals surface area contributed by atoms with Gasteiger partial charge in [-0.1, -0.05) is 18.2 Å². The van der Waals surface area contributed by atoms with Gasteiger partial charge in [0.1, 0.15) is 5.82 Å². The highest BCUT2D eigenvalue weighted by atomic mass is 19.1. The zero-order valence-electron chi connectivity index (χ0n) is 10.1. The first kappa shape index (κ1) is 11.9. The summed E-state index contributed by atoms with van der Waals surface area (Å²) in [5, 5.41) is 5.62. The van der Waals surface area contributed by atoms with Crippen LogP contribution in [0.1, 0.15) is 32.3 Å². The Morgan fingerprint density at radius 3 is 2.59 bits per heavy atom. The first-order chi connectivity index (χ1) is 7.99. The smallest absolute Gasteiger partial charge is 0.315 e. The molecule has 1 fully saturated rings. The zero-order valence-corrected chi connectivity index (χ0v) is 10.1. The topological polar surface area (TPSA) is 41.1 Å². The molecule has 2 rings (SSSR count). The summed E-state index contributed by atoms with van der Waals surface area (Å²) in [6.45, 7) is 3.58. The Balaban J connectivity index is 2.06. The van der Waals surface area contributed by atoms with Crippen LogP contribution in [-0.4, -0.2) is 12.1 Å². The fourth-order valence-electron chi connectivity index (χ4n) is 1.77. The molecule has 0 atom stereocenters. The van der Waals surface area contributed by atoms with Crippen molar-refractivity contribution in [1.29, 1.82) is 0 Å². The van der Waals surface area contributed by atoms with Crippen LogP contribution in [0, 0.1) is 5.82 Å². The highest BCUT2D eigenvalue weighted by Gasteiger charge is 2.29. The standard InChI is InChI=1S/C13H17FN2O/c1-13(2,10-5-3-4-6-11(10)14)16-12(17)15-9-7-8-9/h3-6,9H,7-8H2,1-2H3,(H2,15,16,17). The van der Waals surface area contributed by atoms with Gasteiger partial charge in [0.2, 0.25) is 0 Å². The third kappa shape index (κ3) is 2.96. The lowest BCUT2D eigenvalue weighted by molar-refractivity contribution is 0.229. The van der Waals surface area contributed by atoms with Gasteiger partial charge >= 0.3 is 6.03 Å². The molecule has 2 N–H and O–H groups in total. The van der Waals surface area contributed by atoms with Gasteiger partial charge < -0.3 is 10.6 Å². The van der Waals surface area contributed by atoms with Crippen molar-refractivity contribution in [3.05, 3.63) is 35.6 Å². The Morgan fingerprint density at radius 1 is 1.35 bits per heavy atom. The number of urea groups is 1. The van der Waals surface area contributed by atoms with E-state index in [0.29, 0.717) is 11.6 Å². The maximum atomic E-state index is 13.6. The maximum absolute atomic E-state index is 13.6. The monoisotopic (exact) mass is 236 g/mol. The second-order valence-electron chi connectivity index (χ2n) is 4.98. The van der Waals surface area contributed by atoms with Crippen molar-refractivity contribution in [2.24, 2.45) is 0 Å². The zero-order chi connectivity index (χ0) is 12.5. The molecule has 2 amide bonds. The summed E-state index contributed by atoms with van der Waals surface area (Å²) in [6.07, 6.45) is 2.07. The Hall–Kier alpha value is -1.58. The van der Waals surface area contributed by atoms with E-state index in [9.17, 15) is 9.18 Å². The van der Waals surface area contributed by atoms with Gasteiger partial charge in [-0.2, -0.15) is 0 Å². The van der Waals surface area contributed by atoms with Crippen molar-refractivity contribution in [3.8, 4) is 0 Å². The van der Waals surface area contributed by atoms with E-state index in [4.69, 9.17) is 0 Å². The van der Waals surface area contributed by atoms with Gasteiger partial charge in [-0.3, -0.25) is 0 Å². The molecule has 0 unspecified atom stereocenters. The van der Waals surface area contributed by atoms with E-state index in [0.717, 1.165) is 12.8 Å². The minimum Gasteiger partial charge on any atom is -0.335 e. The van der Waals surface area contributed by atoms with E-state index in [1.54, 1.807) is 32.0 Å². The summed E-state index contributed by atoms with van der Waals surface area (Å²) in [5.41, 5.74) is -0.226. The van der Waals surface area contributed by atoms with E-state index in [-0.39, 0.29) is 11.8 Å². The third-order valence-corrected chi connectivity index (χ3v) is 2.89. The van der Waals surface area contributed by atoms with Crippen LogP contribution in [0.25, 0.3) is 0 Å². The third-order valence-electron chi connectivity index (χ3n) is 2.89. The Labute approximate surface area is 100 Å². The van der Waals surface area contributed by atoms with Gasteiger partial charge in [0.05, 0.1) is 5.54 Å². The minimum atomic E-state index is -0.718. The van der Waals surface area contributed by atoms with Crippen LogP contribution in [0.4, 0.5) is 9.18 Å². The molecule has 1 aromatic rings. The fourth-order valence-corrected chi connectivity index (χ4v) is 1.77. The van der Waals surface area contributed by atoms with Crippen molar-refractivity contribution in [1.82, 2.24) is 10.6 Å². The lowest BCUT2D eigenvalue weighted by Crippen LogP contribution is -2.47. The lowest BCUT2D eigenvalue weighted by atomic mass is 9.94. The quantitative estimate of drug-likeness (QED) is 0.832. The molecule has 17 heavy (non-hydrogen) atoms. The fraction of sp³-hybridized carbons (Fsp3) is 0.462. The van der Waals surface area contributed by atoms with E-state index >= 15 is 0 Å². The summed E-state index contributed by atoms with van der Waals surface area (Å²) in [4.78, 5) is 11.6. The summed E-state index contributed by atoms with van der Waals surface area (Å²) in [5.74, 6) is -0.302. The molecule has 1 aliphatic rings. The first-order valence-electron chi connectivity index (χ1n) is 5.83. The van der Waals surface area contributed by atoms with E-state index in [2.05, 4.69) is 10.6 Å². The van der Waals surface area contributed by atoms with Crippen molar-refractivity contribution in [3.63, 3.8) is 0 Å². The molecule has 0 bridgehead atoms. The molecule has 92 valence electrons. The molecule has 3 nitrogen and oxygen atoms in total. The Kier molecular flexibility index (Phi) is 3.05. The number of rotatable bonds is 3. The predicted molar refractivity (Wildman–Crippen MR) is 64.1 cm³/mol. The number of halogens is 1. The van der Waals surface area contributed by atoms with Crippen LogP contribution in [0.3, 0.4) is 0 Å². The summed E-state index contributed by atoms with van der Waals surface area (Å²) >= 11 is 0. The molecule has 1 saturated carbocycles. The summed E-state index contributed by atoms with van der Waals surface area (Å²) in [7, 11) is 0. The molecular formula is C13H17FN2O.